The molecule has 1 N–H and O–H groups in total. The molecule has 17 heavy (non-hydrogen) atoms. The van der Waals surface area contributed by atoms with E-state index in [4.69, 9.17) is 4.74 Å². The molecule has 4 aliphatic heterocycles. The van der Waals surface area contributed by atoms with E-state index in [0.29, 0.717) is 5.92 Å². The maximum Gasteiger partial charge on any atom is 0.135 e. The maximum absolute atomic E-state index is 6.60. The maximum atomic E-state index is 6.60. The van der Waals surface area contributed by atoms with E-state index in [-0.39, 0.29) is 16.7 Å². The van der Waals surface area contributed by atoms with Gasteiger partial charge in [-0.25, -0.2) is 0 Å². The highest BCUT2D eigenvalue weighted by Crippen LogP contribution is 2.46. The van der Waals surface area contributed by atoms with E-state index < -0.39 is 0 Å². The van der Waals surface area contributed by atoms with Crippen molar-refractivity contribution in [3.8, 4) is 0 Å². The molecule has 3 heteroatoms. The Balaban J connectivity index is 1.86. The molecule has 4 fully saturated rings. The number of nitrogens with zero attached hydrogens (tertiary/aromatic N) is 1. The van der Waals surface area contributed by atoms with Gasteiger partial charge in [0.05, 0.1) is 5.60 Å². The summed E-state index contributed by atoms with van der Waals surface area (Å²) in [5, 5.41) is 3.75. The van der Waals surface area contributed by atoms with Crippen molar-refractivity contribution in [2.75, 3.05) is 26.2 Å². The third kappa shape index (κ3) is 1.66. The molecule has 1 spiro atoms. The minimum atomic E-state index is -0.0600. The van der Waals surface area contributed by atoms with Gasteiger partial charge in [0.1, 0.15) is 5.72 Å². The molecule has 4 saturated heterocycles. The van der Waals surface area contributed by atoms with Crippen LogP contribution in [-0.4, -0.2) is 42.4 Å². The van der Waals surface area contributed by atoms with Gasteiger partial charge in [-0.1, -0.05) is 13.8 Å². The Kier molecular flexibility index (Phi) is 2.43. The zero-order chi connectivity index (χ0) is 12.3. The van der Waals surface area contributed by atoms with E-state index in [1.54, 1.807) is 0 Å². The number of hydrogen-bond acceptors (Lipinski definition) is 3. The van der Waals surface area contributed by atoms with E-state index in [9.17, 15) is 0 Å². The first-order valence-corrected chi connectivity index (χ1v) is 7.02. The molecule has 3 nitrogen and oxygen atoms in total. The lowest BCUT2D eigenvalue weighted by atomic mass is 9.71. The standard InChI is InChI=1S/C14H26N2O/c1-12(2)9-15-14(17-13(12,3)4)10-16-7-5-11(14)6-8-16/h11,15H,5-10H2,1-4H3. The first-order chi connectivity index (χ1) is 7.85. The average molecular weight is 238 g/mol. The highest BCUT2D eigenvalue weighted by Gasteiger charge is 2.56. The summed E-state index contributed by atoms with van der Waals surface area (Å²) < 4.78 is 6.60. The fourth-order valence-corrected chi connectivity index (χ4v) is 3.55. The van der Waals surface area contributed by atoms with Gasteiger partial charge in [0.2, 0.25) is 0 Å². The Labute approximate surface area is 105 Å². The molecule has 0 aromatic rings. The normalized spacial score (nSPS) is 47.3. The third-order valence-corrected chi connectivity index (χ3v) is 5.60. The van der Waals surface area contributed by atoms with Crippen molar-refractivity contribution in [1.29, 1.82) is 0 Å². The Morgan fingerprint density at radius 3 is 2.24 bits per heavy atom. The van der Waals surface area contributed by atoms with Crippen LogP contribution in [0.5, 0.6) is 0 Å². The lowest BCUT2D eigenvalue weighted by Crippen LogP contribution is -2.75. The zero-order valence-electron chi connectivity index (χ0n) is 11.7. The quantitative estimate of drug-likeness (QED) is 0.697. The number of ether oxygens (including phenoxy) is 1. The summed E-state index contributed by atoms with van der Waals surface area (Å²) in [7, 11) is 0. The summed E-state index contributed by atoms with van der Waals surface area (Å²) in [5.74, 6) is 0.711. The van der Waals surface area contributed by atoms with E-state index in [1.165, 1.54) is 25.9 Å². The summed E-state index contributed by atoms with van der Waals surface area (Å²) >= 11 is 0. The van der Waals surface area contributed by atoms with Gasteiger partial charge in [-0.3, -0.25) is 10.2 Å². The SMILES string of the molecule is CC1(C)CNC2(CN3CCC2CC3)OC1(C)C. The van der Waals surface area contributed by atoms with Crippen LogP contribution in [-0.2, 0) is 4.74 Å². The molecular weight excluding hydrogens is 212 g/mol. The largest absolute Gasteiger partial charge is 0.353 e. The second-order valence-electron chi connectivity index (χ2n) is 7.29. The lowest BCUT2D eigenvalue weighted by molar-refractivity contribution is -0.281. The average Bonchev–Trinajstić information content (AvgIpc) is 2.26. The minimum Gasteiger partial charge on any atom is -0.353 e. The predicted octanol–water partition coefficient (Wildman–Crippen LogP) is 1.83. The molecule has 1 unspecified atom stereocenters. The smallest absolute Gasteiger partial charge is 0.135 e. The lowest BCUT2D eigenvalue weighted by Gasteiger charge is -2.61. The Bertz CT molecular complexity index is 318. The van der Waals surface area contributed by atoms with E-state index >= 15 is 0 Å². The van der Waals surface area contributed by atoms with Gasteiger partial charge in [-0.15, -0.1) is 0 Å². The number of nitrogens with one attached hydrogen (secondary N) is 1. The van der Waals surface area contributed by atoms with E-state index in [1.807, 2.05) is 0 Å². The van der Waals surface area contributed by atoms with Gasteiger partial charge in [0, 0.05) is 24.4 Å². The molecule has 0 aromatic heterocycles. The predicted molar refractivity (Wildman–Crippen MR) is 68.8 cm³/mol. The van der Waals surface area contributed by atoms with E-state index in [2.05, 4.69) is 37.9 Å². The molecule has 98 valence electrons. The summed E-state index contributed by atoms with van der Waals surface area (Å²) in [4.78, 5) is 2.56. The fourth-order valence-electron chi connectivity index (χ4n) is 3.55. The van der Waals surface area contributed by atoms with Gasteiger partial charge in [-0.2, -0.15) is 0 Å². The molecule has 1 atom stereocenters. The molecule has 4 aliphatic rings. The van der Waals surface area contributed by atoms with Crippen LogP contribution in [0.3, 0.4) is 0 Å². The highest BCUT2D eigenvalue weighted by molar-refractivity contribution is 5.06. The van der Waals surface area contributed by atoms with Crippen LogP contribution in [0.2, 0.25) is 0 Å². The van der Waals surface area contributed by atoms with Gasteiger partial charge >= 0.3 is 0 Å². The van der Waals surface area contributed by atoms with Crippen molar-refractivity contribution >= 4 is 0 Å². The molecular formula is C14H26N2O. The van der Waals surface area contributed by atoms with Gasteiger partial charge in [0.25, 0.3) is 0 Å². The molecule has 0 aromatic carbocycles. The molecule has 4 rings (SSSR count). The first-order valence-electron chi connectivity index (χ1n) is 7.02. The monoisotopic (exact) mass is 238 g/mol. The Morgan fingerprint density at radius 2 is 1.76 bits per heavy atom. The molecule has 4 heterocycles. The van der Waals surface area contributed by atoms with Crippen LogP contribution in [0.1, 0.15) is 40.5 Å². The molecule has 0 amide bonds. The van der Waals surface area contributed by atoms with Crippen LogP contribution in [0.25, 0.3) is 0 Å². The second-order valence-corrected chi connectivity index (χ2v) is 7.29. The van der Waals surface area contributed by atoms with Crippen molar-refractivity contribution in [2.24, 2.45) is 11.3 Å². The molecule has 0 aliphatic carbocycles. The summed E-state index contributed by atoms with van der Waals surface area (Å²) in [6.07, 6.45) is 2.59. The van der Waals surface area contributed by atoms with Gasteiger partial charge in [0.15, 0.2) is 0 Å². The number of rotatable bonds is 0. The molecule has 0 saturated carbocycles. The van der Waals surface area contributed by atoms with Crippen LogP contribution in [0, 0.1) is 11.3 Å². The third-order valence-electron chi connectivity index (χ3n) is 5.60. The Hall–Kier alpha value is -0.120. The van der Waals surface area contributed by atoms with Crippen molar-refractivity contribution in [3.05, 3.63) is 0 Å². The highest BCUT2D eigenvalue weighted by atomic mass is 16.5. The Morgan fingerprint density at radius 1 is 1.12 bits per heavy atom. The van der Waals surface area contributed by atoms with Crippen LogP contribution in [0.4, 0.5) is 0 Å². The fraction of sp³-hybridized carbons (Fsp3) is 1.00. The number of piperidine rings is 3. The van der Waals surface area contributed by atoms with Crippen molar-refractivity contribution in [1.82, 2.24) is 10.2 Å². The summed E-state index contributed by atoms with van der Waals surface area (Å²) in [6.45, 7) is 13.8. The molecule has 0 radical (unpaired) electrons. The van der Waals surface area contributed by atoms with Crippen LogP contribution >= 0.6 is 0 Å². The topological polar surface area (TPSA) is 24.5 Å². The van der Waals surface area contributed by atoms with Crippen molar-refractivity contribution < 1.29 is 4.74 Å². The number of hydrogen-bond donors (Lipinski definition) is 1. The van der Waals surface area contributed by atoms with Crippen molar-refractivity contribution in [2.45, 2.75) is 51.9 Å². The summed E-state index contributed by atoms with van der Waals surface area (Å²) in [6, 6.07) is 0. The first kappa shape index (κ1) is 11.9. The minimum absolute atomic E-state index is 0.0448. The zero-order valence-corrected chi connectivity index (χ0v) is 11.7. The number of fused-ring (bicyclic) bond motifs is 2. The van der Waals surface area contributed by atoms with Gasteiger partial charge in [-0.05, 0) is 39.8 Å². The van der Waals surface area contributed by atoms with Gasteiger partial charge < -0.3 is 4.74 Å². The van der Waals surface area contributed by atoms with E-state index in [0.717, 1.165) is 13.1 Å². The molecule has 2 bridgehead atoms. The van der Waals surface area contributed by atoms with Crippen LogP contribution in [0.15, 0.2) is 0 Å². The van der Waals surface area contributed by atoms with Crippen LogP contribution < -0.4 is 5.32 Å². The second kappa shape index (κ2) is 3.46. The van der Waals surface area contributed by atoms with Crippen molar-refractivity contribution in [3.63, 3.8) is 0 Å². The summed E-state index contributed by atoms with van der Waals surface area (Å²) in [5.41, 5.74) is 0.0939.